The van der Waals surface area contributed by atoms with E-state index in [1.54, 1.807) is 23.9 Å². The van der Waals surface area contributed by atoms with Gasteiger partial charge in [-0.3, -0.25) is 4.79 Å². The molecule has 2 aromatic carbocycles. The summed E-state index contributed by atoms with van der Waals surface area (Å²) in [4.78, 5) is 25.2. The molecular weight excluding hydrogens is 334 g/mol. The molecule has 0 unspecified atom stereocenters. The number of rotatable bonds is 7. The average molecular weight is 357 g/mol. The molecule has 25 heavy (non-hydrogen) atoms. The van der Waals surface area contributed by atoms with Crippen LogP contribution in [-0.4, -0.2) is 24.7 Å². The van der Waals surface area contributed by atoms with E-state index in [-0.39, 0.29) is 12.5 Å². The first-order valence-electron chi connectivity index (χ1n) is 8.25. The van der Waals surface area contributed by atoms with Gasteiger partial charge in [-0.25, -0.2) is 4.79 Å². The fourth-order valence-corrected chi connectivity index (χ4v) is 2.80. The van der Waals surface area contributed by atoms with Crippen LogP contribution in [0.5, 0.6) is 0 Å². The third-order valence-electron chi connectivity index (χ3n) is 4.04. The molecule has 0 spiro atoms. The van der Waals surface area contributed by atoms with Gasteiger partial charge >= 0.3 is 5.97 Å². The molecule has 2 rings (SSSR count). The minimum atomic E-state index is -0.502. The van der Waals surface area contributed by atoms with Crippen LogP contribution >= 0.6 is 11.8 Å². The van der Waals surface area contributed by atoms with Crippen molar-refractivity contribution in [3.63, 3.8) is 0 Å². The second kappa shape index (κ2) is 9.28. The molecule has 2 aromatic rings. The summed E-state index contributed by atoms with van der Waals surface area (Å²) in [7, 11) is 0. The molecule has 0 aromatic heterocycles. The summed E-state index contributed by atoms with van der Waals surface area (Å²) >= 11 is 1.60. The lowest BCUT2D eigenvalue weighted by Gasteiger charge is -2.15. The first-order chi connectivity index (χ1) is 12.0. The van der Waals surface area contributed by atoms with Crippen LogP contribution in [0.4, 0.5) is 5.69 Å². The van der Waals surface area contributed by atoms with Gasteiger partial charge < -0.3 is 10.1 Å². The molecule has 0 aliphatic heterocycles. The second-order valence-electron chi connectivity index (χ2n) is 5.75. The summed E-state index contributed by atoms with van der Waals surface area (Å²) in [6.07, 6.45) is 2.95. The van der Waals surface area contributed by atoms with Gasteiger partial charge in [-0.2, -0.15) is 0 Å². The Kier molecular flexibility index (Phi) is 7.07. The summed E-state index contributed by atoms with van der Waals surface area (Å²) in [5.41, 5.74) is 2.28. The first-order valence-corrected chi connectivity index (χ1v) is 9.47. The highest BCUT2D eigenvalue weighted by atomic mass is 32.2. The van der Waals surface area contributed by atoms with Crippen molar-refractivity contribution in [2.24, 2.45) is 0 Å². The molecule has 4 nitrogen and oxygen atoms in total. The van der Waals surface area contributed by atoms with Crippen molar-refractivity contribution in [2.75, 3.05) is 18.2 Å². The molecule has 0 fully saturated rings. The van der Waals surface area contributed by atoms with E-state index in [0.717, 1.165) is 22.6 Å². The second-order valence-corrected chi connectivity index (χ2v) is 6.63. The van der Waals surface area contributed by atoms with Gasteiger partial charge in [0.25, 0.3) is 5.91 Å². The third kappa shape index (κ3) is 5.36. The standard InChI is InChI=1S/C20H23NO3S/c1-4-14(2)17-7-5-6-8-18(17)21-19(22)13-24-20(23)15-9-11-16(25-3)12-10-15/h5-12,14H,4,13H2,1-3H3,(H,21,22)/t14-/m1/s1. The highest BCUT2D eigenvalue weighted by Gasteiger charge is 2.13. The third-order valence-corrected chi connectivity index (χ3v) is 4.78. The van der Waals surface area contributed by atoms with Crippen molar-refractivity contribution in [3.8, 4) is 0 Å². The van der Waals surface area contributed by atoms with Crippen molar-refractivity contribution in [1.82, 2.24) is 0 Å². The smallest absolute Gasteiger partial charge is 0.338 e. The normalized spacial score (nSPS) is 11.6. The summed E-state index contributed by atoms with van der Waals surface area (Å²) in [6.45, 7) is 3.91. The lowest BCUT2D eigenvalue weighted by Crippen LogP contribution is -2.21. The zero-order valence-electron chi connectivity index (χ0n) is 14.7. The number of para-hydroxylation sites is 1. The number of ether oxygens (including phenoxy) is 1. The van der Waals surface area contributed by atoms with E-state index in [2.05, 4.69) is 19.2 Å². The SMILES string of the molecule is CC[C@@H](C)c1ccccc1NC(=O)COC(=O)c1ccc(SC)cc1. The largest absolute Gasteiger partial charge is 0.452 e. The number of carbonyl (C=O) groups excluding carboxylic acids is 2. The maximum Gasteiger partial charge on any atom is 0.338 e. The first kappa shape index (κ1) is 19.1. The van der Waals surface area contributed by atoms with E-state index in [0.29, 0.717) is 11.5 Å². The van der Waals surface area contributed by atoms with Crippen LogP contribution in [-0.2, 0) is 9.53 Å². The van der Waals surface area contributed by atoms with Crippen molar-refractivity contribution in [3.05, 3.63) is 59.7 Å². The number of anilines is 1. The average Bonchev–Trinajstić information content (AvgIpc) is 2.66. The fourth-order valence-electron chi connectivity index (χ4n) is 2.39. The monoisotopic (exact) mass is 357 g/mol. The summed E-state index contributed by atoms with van der Waals surface area (Å²) in [5.74, 6) is -0.503. The Morgan fingerprint density at radius 1 is 1.12 bits per heavy atom. The lowest BCUT2D eigenvalue weighted by atomic mass is 9.97. The Bertz CT molecular complexity index is 728. The number of carbonyl (C=O) groups is 2. The number of nitrogens with one attached hydrogen (secondary N) is 1. The van der Waals surface area contributed by atoms with Gasteiger partial charge in [-0.05, 0) is 54.5 Å². The predicted molar refractivity (Wildman–Crippen MR) is 102 cm³/mol. The van der Waals surface area contributed by atoms with Gasteiger partial charge in [-0.15, -0.1) is 11.8 Å². The van der Waals surface area contributed by atoms with E-state index in [1.165, 1.54) is 0 Å². The number of hydrogen-bond donors (Lipinski definition) is 1. The number of hydrogen-bond acceptors (Lipinski definition) is 4. The minimum absolute atomic E-state index is 0.308. The fraction of sp³-hybridized carbons (Fsp3) is 0.300. The Hall–Kier alpha value is -2.27. The highest BCUT2D eigenvalue weighted by Crippen LogP contribution is 2.26. The van der Waals surface area contributed by atoms with Crippen LogP contribution in [0.25, 0.3) is 0 Å². The zero-order chi connectivity index (χ0) is 18.2. The maximum atomic E-state index is 12.1. The van der Waals surface area contributed by atoms with Gasteiger partial charge in [0.1, 0.15) is 0 Å². The van der Waals surface area contributed by atoms with Crippen LogP contribution in [0.15, 0.2) is 53.4 Å². The molecular formula is C20H23NO3S. The molecule has 0 aliphatic rings. The molecule has 1 atom stereocenters. The van der Waals surface area contributed by atoms with Crippen LogP contribution in [0, 0.1) is 0 Å². The van der Waals surface area contributed by atoms with Crippen molar-refractivity contribution >= 4 is 29.3 Å². The maximum absolute atomic E-state index is 12.1. The molecule has 5 heteroatoms. The topological polar surface area (TPSA) is 55.4 Å². The Labute approximate surface area is 153 Å². The number of amides is 1. The number of esters is 1. The molecule has 1 N–H and O–H groups in total. The van der Waals surface area contributed by atoms with Crippen molar-refractivity contribution in [2.45, 2.75) is 31.1 Å². The van der Waals surface area contributed by atoms with Gasteiger partial charge in [0.05, 0.1) is 5.56 Å². The van der Waals surface area contributed by atoms with Crippen LogP contribution < -0.4 is 5.32 Å². The van der Waals surface area contributed by atoms with Crippen LogP contribution in [0.1, 0.15) is 42.1 Å². The molecule has 0 aliphatic carbocycles. The van der Waals surface area contributed by atoms with E-state index in [9.17, 15) is 9.59 Å². The van der Waals surface area contributed by atoms with Crippen LogP contribution in [0.2, 0.25) is 0 Å². The number of benzene rings is 2. The van der Waals surface area contributed by atoms with Crippen LogP contribution in [0.3, 0.4) is 0 Å². The molecule has 1 amide bonds. The van der Waals surface area contributed by atoms with E-state index >= 15 is 0 Å². The Morgan fingerprint density at radius 2 is 1.80 bits per heavy atom. The van der Waals surface area contributed by atoms with Gasteiger partial charge in [-0.1, -0.05) is 32.0 Å². The van der Waals surface area contributed by atoms with Gasteiger partial charge in [0.15, 0.2) is 6.61 Å². The molecule has 132 valence electrons. The highest BCUT2D eigenvalue weighted by molar-refractivity contribution is 7.98. The van der Waals surface area contributed by atoms with Gasteiger partial charge in [0.2, 0.25) is 0 Å². The minimum Gasteiger partial charge on any atom is -0.452 e. The van der Waals surface area contributed by atoms with Crippen molar-refractivity contribution < 1.29 is 14.3 Å². The quantitative estimate of drug-likeness (QED) is 0.575. The van der Waals surface area contributed by atoms with Gasteiger partial charge in [0, 0.05) is 10.6 Å². The molecule has 0 bridgehead atoms. The Balaban J connectivity index is 1.93. The molecule has 0 saturated heterocycles. The lowest BCUT2D eigenvalue weighted by molar-refractivity contribution is -0.119. The summed E-state index contributed by atoms with van der Waals surface area (Å²) in [6, 6.07) is 14.8. The molecule has 0 radical (unpaired) electrons. The van der Waals surface area contributed by atoms with E-state index in [4.69, 9.17) is 4.74 Å². The summed E-state index contributed by atoms with van der Waals surface area (Å²) in [5, 5.41) is 2.83. The number of thioether (sulfide) groups is 1. The molecule has 0 saturated carbocycles. The van der Waals surface area contributed by atoms with E-state index < -0.39 is 5.97 Å². The Morgan fingerprint density at radius 3 is 2.44 bits per heavy atom. The predicted octanol–water partition coefficient (Wildman–Crippen LogP) is 4.72. The molecule has 0 heterocycles. The summed E-state index contributed by atoms with van der Waals surface area (Å²) < 4.78 is 5.10. The van der Waals surface area contributed by atoms with Crippen molar-refractivity contribution in [1.29, 1.82) is 0 Å². The van der Waals surface area contributed by atoms with E-state index in [1.807, 2.05) is 42.7 Å². The zero-order valence-corrected chi connectivity index (χ0v) is 15.6.